The summed E-state index contributed by atoms with van der Waals surface area (Å²) in [4.78, 5) is 30.8. The van der Waals surface area contributed by atoms with Crippen LogP contribution < -0.4 is 16.0 Å². The number of hydrogen-bond acceptors (Lipinski definition) is 5. The number of fused-ring (bicyclic) bond motifs is 1. The van der Waals surface area contributed by atoms with Crippen LogP contribution in [-0.4, -0.2) is 38.0 Å². The van der Waals surface area contributed by atoms with E-state index in [9.17, 15) is 9.59 Å². The SMILES string of the molecule is CCCCn1c(=O)c2c(nc(OCCOC3CCCCC3)n2Cc2ccc(Cl)cc2)n(C)c1=O. The lowest BCUT2D eigenvalue weighted by atomic mass is 9.98. The van der Waals surface area contributed by atoms with Crippen LogP contribution in [0.4, 0.5) is 0 Å². The van der Waals surface area contributed by atoms with E-state index in [2.05, 4.69) is 4.98 Å². The highest BCUT2D eigenvalue weighted by atomic mass is 35.5. The van der Waals surface area contributed by atoms with Gasteiger partial charge in [0.1, 0.15) is 6.61 Å². The molecule has 0 bridgehead atoms. The zero-order chi connectivity index (χ0) is 24.1. The molecule has 1 aromatic carbocycles. The molecule has 0 saturated heterocycles. The van der Waals surface area contributed by atoms with Gasteiger partial charge in [0.25, 0.3) is 11.6 Å². The summed E-state index contributed by atoms with van der Waals surface area (Å²) in [7, 11) is 1.64. The minimum absolute atomic E-state index is 0.289. The van der Waals surface area contributed by atoms with Crippen LogP contribution in [0.3, 0.4) is 0 Å². The van der Waals surface area contributed by atoms with Crippen LogP contribution in [0, 0.1) is 0 Å². The Bertz CT molecular complexity index is 1220. The van der Waals surface area contributed by atoms with Gasteiger partial charge in [-0.25, -0.2) is 4.79 Å². The maximum atomic E-state index is 13.4. The van der Waals surface area contributed by atoms with Crippen molar-refractivity contribution in [3.05, 3.63) is 55.7 Å². The van der Waals surface area contributed by atoms with Crippen molar-refractivity contribution in [2.24, 2.45) is 7.05 Å². The summed E-state index contributed by atoms with van der Waals surface area (Å²) in [6.45, 7) is 3.54. The molecule has 0 atom stereocenters. The standard InChI is InChI=1S/C25H33ClN4O4/c1-3-4-14-29-23(31)21-22(28(2)25(29)32)27-24(30(21)17-18-10-12-19(26)13-11-18)34-16-15-33-20-8-6-5-7-9-20/h10-13,20H,3-9,14-17H2,1-2H3. The largest absolute Gasteiger partial charge is 0.462 e. The van der Waals surface area contributed by atoms with E-state index in [1.165, 1.54) is 28.4 Å². The van der Waals surface area contributed by atoms with Gasteiger partial charge in [-0.2, -0.15) is 4.98 Å². The number of imidazole rings is 1. The molecule has 0 amide bonds. The summed E-state index contributed by atoms with van der Waals surface area (Å²) in [5.74, 6) is 0. The number of aromatic nitrogens is 4. The molecule has 9 heteroatoms. The fraction of sp³-hybridized carbons (Fsp3) is 0.560. The van der Waals surface area contributed by atoms with Gasteiger partial charge in [0.2, 0.25) is 0 Å². The molecule has 1 saturated carbocycles. The van der Waals surface area contributed by atoms with Gasteiger partial charge in [-0.3, -0.25) is 18.5 Å². The molecule has 1 fully saturated rings. The first-order valence-corrected chi connectivity index (χ1v) is 12.6. The number of hydrogen-bond donors (Lipinski definition) is 0. The first kappa shape index (κ1) is 24.5. The van der Waals surface area contributed by atoms with Gasteiger partial charge in [0, 0.05) is 18.6 Å². The van der Waals surface area contributed by atoms with Crippen LogP contribution in [0.5, 0.6) is 6.01 Å². The highest BCUT2D eigenvalue weighted by Crippen LogP contribution is 2.22. The number of halogens is 1. The van der Waals surface area contributed by atoms with Crippen LogP contribution in [-0.2, 0) is 24.9 Å². The van der Waals surface area contributed by atoms with Crippen molar-refractivity contribution < 1.29 is 9.47 Å². The van der Waals surface area contributed by atoms with Crippen LogP contribution in [0.25, 0.3) is 11.2 Å². The van der Waals surface area contributed by atoms with E-state index in [1.807, 2.05) is 31.2 Å². The summed E-state index contributed by atoms with van der Waals surface area (Å²) < 4.78 is 16.5. The molecule has 184 valence electrons. The monoisotopic (exact) mass is 488 g/mol. The van der Waals surface area contributed by atoms with Gasteiger partial charge >= 0.3 is 5.69 Å². The molecule has 3 aromatic rings. The van der Waals surface area contributed by atoms with Crippen molar-refractivity contribution in [2.75, 3.05) is 13.2 Å². The molecular weight excluding hydrogens is 456 g/mol. The first-order chi connectivity index (χ1) is 16.5. The number of ether oxygens (including phenoxy) is 2. The topological polar surface area (TPSA) is 80.3 Å². The fourth-order valence-electron chi connectivity index (χ4n) is 4.47. The lowest BCUT2D eigenvalue weighted by molar-refractivity contribution is 0.0112. The van der Waals surface area contributed by atoms with Crippen molar-refractivity contribution in [1.29, 1.82) is 0 Å². The summed E-state index contributed by atoms with van der Waals surface area (Å²) in [5.41, 5.74) is 0.909. The molecule has 0 spiro atoms. The Labute approximate surface area is 204 Å². The van der Waals surface area contributed by atoms with E-state index in [-0.39, 0.29) is 17.4 Å². The molecule has 2 aromatic heterocycles. The predicted molar refractivity (Wildman–Crippen MR) is 133 cm³/mol. The highest BCUT2D eigenvalue weighted by Gasteiger charge is 2.22. The van der Waals surface area contributed by atoms with Gasteiger partial charge in [0.15, 0.2) is 11.2 Å². The molecule has 8 nitrogen and oxygen atoms in total. The quantitative estimate of drug-likeness (QED) is 0.401. The second-order valence-electron chi connectivity index (χ2n) is 8.91. The molecule has 1 aliphatic rings. The molecule has 0 radical (unpaired) electrons. The van der Waals surface area contributed by atoms with Gasteiger partial charge in [-0.15, -0.1) is 0 Å². The molecular formula is C25H33ClN4O4. The zero-order valence-electron chi connectivity index (χ0n) is 20.0. The second kappa shape index (κ2) is 11.2. The van der Waals surface area contributed by atoms with Crippen LogP contribution in [0.2, 0.25) is 5.02 Å². The third-order valence-corrected chi connectivity index (χ3v) is 6.66. The Morgan fingerprint density at radius 3 is 2.50 bits per heavy atom. The van der Waals surface area contributed by atoms with E-state index in [1.54, 1.807) is 11.6 Å². The second-order valence-corrected chi connectivity index (χ2v) is 9.35. The van der Waals surface area contributed by atoms with E-state index >= 15 is 0 Å². The van der Waals surface area contributed by atoms with Gasteiger partial charge in [0.05, 0.1) is 19.3 Å². The van der Waals surface area contributed by atoms with Crippen LogP contribution in [0.1, 0.15) is 57.4 Å². The van der Waals surface area contributed by atoms with E-state index < -0.39 is 0 Å². The molecule has 0 unspecified atom stereocenters. The fourth-order valence-corrected chi connectivity index (χ4v) is 4.60. The molecule has 4 rings (SSSR count). The van der Waals surface area contributed by atoms with Gasteiger partial charge in [-0.05, 0) is 37.0 Å². The number of benzene rings is 1. The number of aryl methyl sites for hydroxylation is 1. The molecule has 0 aliphatic heterocycles. The summed E-state index contributed by atoms with van der Waals surface area (Å²) in [5, 5.41) is 0.639. The Balaban J connectivity index is 1.67. The Hall–Kier alpha value is -2.58. The maximum Gasteiger partial charge on any atom is 0.332 e. The Morgan fingerprint density at radius 2 is 1.79 bits per heavy atom. The van der Waals surface area contributed by atoms with Crippen LogP contribution >= 0.6 is 11.6 Å². The number of unbranched alkanes of at least 4 members (excludes halogenated alkanes) is 1. The minimum Gasteiger partial charge on any atom is -0.462 e. The third-order valence-electron chi connectivity index (χ3n) is 6.41. The van der Waals surface area contributed by atoms with Gasteiger partial charge in [-0.1, -0.05) is 56.3 Å². The summed E-state index contributed by atoms with van der Waals surface area (Å²) in [6.07, 6.45) is 7.79. The predicted octanol–water partition coefficient (Wildman–Crippen LogP) is 4.13. The molecule has 1 aliphatic carbocycles. The minimum atomic E-state index is -0.366. The first-order valence-electron chi connectivity index (χ1n) is 12.2. The average molecular weight is 489 g/mol. The molecule has 34 heavy (non-hydrogen) atoms. The summed E-state index contributed by atoms with van der Waals surface area (Å²) >= 11 is 6.05. The van der Waals surface area contributed by atoms with Crippen molar-refractivity contribution in [3.8, 4) is 6.01 Å². The Kier molecular flexibility index (Phi) is 8.11. The Morgan fingerprint density at radius 1 is 1.06 bits per heavy atom. The lowest BCUT2D eigenvalue weighted by Crippen LogP contribution is -2.39. The average Bonchev–Trinajstić information content (AvgIpc) is 3.21. The molecule has 0 N–H and O–H groups in total. The van der Waals surface area contributed by atoms with Crippen molar-refractivity contribution in [2.45, 2.75) is 71.1 Å². The van der Waals surface area contributed by atoms with Crippen molar-refractivity contribution >= 4 is 22.8 Å². The van der Waals surface area contributed by atoms with Gasteiger partial charge < -0.3 is 9.47 Å². The number of nitrogens with zero attached hydrogens (tertiary/aromatic N) is 4. The maximum absolute atomic E-state index is 13.4. The van der Waals surface area contributed by atoms with E-state index in [0.29, 0.717) is 48.5 Å². The third kappa shape index (κ3) is 5.39. The van der Waals surface area contributed by atoms with Crippen molar-refractivity contribution in [3.63, 3.8) is 0 Å². The van der Waals surface area contributed by atoms with E-state index in [4.69, 9.17) is 21.1 Å². The zero-order valence-corrected chi connectivity index (χ0v) is 20.7. The normalized spacial score (nSPS) is 14.7. The lowest BCUT2D eigenvalue weighted by Gasteiger charge is -2.21. The van der Waals surface area contributed by atoms with E-state index in [0.717, 1.165) is 31.2 Å². The number of rotatable bonds is 10. The van der Waals surface area contributed by atoms with Crippen LogP contribution in [0.15, 0.2) is 33.9 Å². The highest BCUT2D eigenvalue weighted by molar-refractivity contribution is 6.30. The summed E-state index contributed by atoms with van der Waals surface area (Å²) in [6, 6.07) is 7.73. The van der Waals surface area contributed by atoms with Crippen molar-refractivity contribution in [1.82, 2.24) is 18.7 Å². The molecule has 2 heterocycles. The smallest absolute Gasteiger partial charge is 0.332 e.